The Morgan fingerprint density at radius 1 is 1.29 bits per heavy atom. The highest BCUT2D eigenvalue weighted by Gasteiger charge is 2.43. The second kappa shape index (κ2) is 5.33. The Kier molecular flexibility index (Phi) is 3.50. The number of nitrogens with one attached hydrogen (secondary N) is 1. The van der Waals surface area contributed by atoms with E-state index >= 15 is 0 Å². The second-order valence-electron chi connectivity index (χ2n) is 5.67. The molecule has 3 unspecified atom stereocenters. The summed E-state index contributed by atoms with van der Waals surface area (Å²) in [5.74, 6) is -0.550. The van der Waals surface area contributed by atoms with Gasteiger partial charge in [0.1, 0.15) is 0 Å². The van der Waals surface area contributed by atoms with Crippen LogP contribution in [0.1, 0.15) is 23.2 Å². The average Bonchev–Trinajstić information content (AvgIpc) is 3.02. The Labute approximate surface area is 121 Å². The normalized spacial score (nSPS) is 27.5. The number of aliphatic hydroxyl groups excluding tert-OH is 1. The highest BCUT2D eigenvalue weighted by atomic mass is 16.4. The largest absolute Gasteiger partial charge is 0.478 e. The summed E-state index contributed by atoms with van der Waals surface area (Å²) in [7, 11) is 0. The molecular weight excluding hydrogens is 274 g/mol. The van der Waals surface area contributed by atoms with Crippen molar-refractivity contribution in [1.29, 1.82) is 0 Å². The number of likely N-dealkylation sites (tertiary alicyclic amines) is 1. The zero-order chi connectivity index (χ0) is 15.0. The van der Waals surface area contributed by atoms with E-state index in [-0.39, 0.29) is 23.6 Å². The number of rotatable bonds is 2. The molecule has 2 heterocycles. The SMILES string of the molecule is O=C(O)c1cncc(NC(=O)N2CC3CCC(O)C3C2)c1. The van der Waals surface area contributed by atoms with Gasteiger partial charge < -0.3 is 20.4 Å². The predicted octanol–water partition coefficient (Wildman–Crippen LogP) is 1.01. The number of fused-ring (bicyclic) bond motifs is 1. The topological polar surface area (TPSA) is 103 Å². The number of amides is 2. The minimum absolute atomic E-state index is 0.0292. The molecule has 2 amide bonds. The minimum atomic E-state index is -1.09. The number of aromatic nitrogens is 1. The lowest BCUT2D eigenvalue weighted by Gasteiger charge is -2.19. The van der Waals surface area contributed by atoms with Gasteiger partial charge in [0, 0.05) is 25.2 Å². The van der Waals surface area contributed by atoms with Crippen LogP contribution in [0.15, 0.2) is 18.5 Å². The number of carbonyl (C=O) groups is 2. The van der Waals surface area contributed by atoms with E-state index in [1.54, 1.807) is 4.90 Å². The molecule has 1 saturated heterocycles. The van der Waals surface area contributed by atoms with Crippen LogP contribution in [-0.4, -0.2) is 51.3 Å². The monoisotopic (exact) mass is 291 g/mol. The first-order valence-electron chi connectivity index (χ1n) is 6.97. The number of urea groups is 1. The van der Waals surface area contributed by atoms with Crippen molar-refractivity contribution in [3.8, 4) is 0 Å². The molecule has 0 radical (unpaired) electrons. The number of aliphatic hydroxyl groups is 1. The van der Waals surface area contributed by atoms with Gasteiger partial charge in [-0.2, -0.15) is 0 Å². The van der Waals surface area contributed by atoms with Gasteiger partial charge in [-0.15, -0.1) is 0 Å². The van der Waals surface area contributed by atoms with Crippen molar-refractivity contribution in [3.05, 3.63) is 24.0 Å². The van der Waals surface area contributed by atoms with E-state index < -0.39 is 5.97 Å². The summed E-state index contributed by atoms with van der Waals surface area (Å²) >= 11 is 0. The summed E-state index contributed by atoms with van der Waals surface area (Å²) in [6, 6.07) is 1.10. The average molecular weight is 291 g/mol. The minimum Gasteiger partial charge on any atom is -0.478 e. The van der Waals surface area contributed by atoms with Gasteiger partial charge in [-0.3, -0.25) is 4.98 Å². The van der Waals surface area contributed by atoms with Gasteiger partial charge in [0.05, 0.1) is 23.6 Å². The fraction of sp³-hybridized carbons (Fsp3) is 0.500. The van der Waals surface area contributed by atoms with Gasteiger partial charge in [-0.05, 0) is 24.8 Å². The van der Waals surface area contributed by atoms with Crippen molar-refractivity contribution in [1.82, 2.24) is 9.88 Å². The Hall–Kier alpha value is -2.15. The summed E-state index contributed by atoms with van der Waals surface area (Å²) in [5, 5.41) is 21.4. The van der Waals surface area contributed by atoms with Gasteiger partial charge in [-0.25, -0.2) is 9.59 Å². The van der Waals surface area contributed by atoms with E-state index in [1.807, 2.05) is 0 Å². The number of nitrogens with zero attached hydrogens (tertiary/aromatic N) is 2. The van der Waals surface area contributed by atoms with Crippen molar-refractivity contribution in [3.63, 3.8) is 0 Å². The fourth-order valence-electron chi connectivity index (χ4n) is 3.23. The first kappa shape index (κ1) is 13.8. The van der Waals surface area contributed by atoms with E-state index in [9.17, 15) is 14.7 Å². The van der Waals surface area contributed by atoms with E-state index in [2.05, 4.69) is 10.3 Å². The lowest BCUT2D eigenvalue weighted by atomic mass is 10.00. The molecule has 112 valence electrons. The molecular formula is C14H17N3O4. The van der Waals surface area contributed by atoms with Crippen molar-refractivity contribution in [2.24, 2.45) is 11.8 Å². The van der Waals surface area contributed by atoms with Gasteiger partial charge in [0.25, 0.3) is 0 Å². The van der Waals surface area contributed by atoms with Crippen LogP contribution < -0.4 is 5.32 Å². The van der Waals surface area contributed by atoms with Crippen LogP contribution in [0.5, 0.6) is 0 Å². The Balaban J connectivity index is 1.65. The molecule has 1 aromatic rings. The lowest BCUT2D eigenvalue weighted by molar-refractivity contribution is 0.0696. The molecule has 1 aliphatic carbocycles. The lowest BCUT2D eigenvalue weighted by Crippen LogP contribution is -2.34. The molecule has 0 bridgehead atoms. The number of hydrogen-bond acceptors (Lipinski definition) is 4. The molecule has 7 nitrogen and oxygen atoms in total. The molecule has 2 aliphatic rings. The number of pyridine rings is 1. The molecule has 1 aromatic heterocycles. The smallest absolute Gasteiger partial charge is 0.337 e. The van der Waals surface area contributed by atoms with Crippen LogP contribution in [0.2, 0.25) is 0 Å². The van der Waals surface area contributed by atoms with E-state index in [0.717, 1.165) is 12.8 Å². The van der Waals surface area contributed by atoms with Gasteiger partial charge in [0.2, 0.25) is 0 Å². The maximum Gasteiger partial charge on any atom is 0.337 e. The molecule has 0 spiro atoms. The molecule has 3 atom stereocenters. The van der Waals surface area contributed by atoms with Crippen LogP contribution in [-0.2, 0) is 0 Å². The Bertz CT molecular complexity index is 577. The number of aromatic carboxylic acids is 1. The molecule has 0 aromatic carbocycles. The molecule has 7 heteroatoms. The Morgan fingerprint density at radius 2 is 2.10 bits per heavy atom. The van der Waals surface area contributed by atoms with Crippen molar-refractivity contribution in [2.75, 3.05) is 18.4 Å². The number of anilines is 1. The first-order valence-corrected chi connectivity index (χ1v) is 6.97. The molecule has 1 aliphatic heterocycles. The van der Waals surface area contributed by atoms with E-state index in [1.165, 1.54) is 18.5 Å². The first-order chi connectivity index (χ1) is 10.0. The standard InChI is InChI=1S/C14H17N3O4/c18-12-2-1-8-6-17(7-11(8)12)14(21)16-10-3-9(13(19)20)4-15-5-10/h3-5,8,11-12,18H,1-2,6-7H2,(H,16,21)(H,19,20). The Morgan fingerprint density at radius 3 is 2.81 bits per heavy atom. The van der Waals surface area contributed by atoms with E-state index in [4.69, 9.17) is 5.11 Å². The zero-order valence-corrected chi connectivity index (χ0v) is 11.4. The van der Waals surface area contributed by atoms with E-state index in [0.29, 0.717) is 24.7 Å². The number of carboxylic acid groups (broad SMARTS) is 1. The third-order valence-electron chi connectivity index (χ3n) is 4.34. The van der Waals surface area contributed by atoms with Crippen molar-refractivity contribution in [2.45, 2.75) is 18.9 Å². The highest BCUT2D eigenvalue weighted by Crippen LogP contribution is 2.38. The summed E-state index contributed by atoms with van der Waals surface area (Å²) in [4.78, 5) is 28.5. The molecule has 3 N–H and O–H groups in total. The van der Waals surface area contributed by atoms with Crippen LogP contribution in [0, 0.1) is 11.8 Å². The van der Waals surface area contributed by atoms with Crippen LogP contribution >= 0.6 is 0 Å². The van der Waals surface area contributed by atoms with Crippen molar-refractivity contribution < 1.29 is 19.8 Å². The van der Waals surface area contributed by atoms with Gasteiger partial charge in [0.15, 0.2) is 0 Å². The molecule has 1 saturated carbocycles. The molecule has 21 heavy (non-hydrogen) atoms. The maximum atomic E-state index is 12.2. The second-order valence-corrected chi connectivity index (χ2v) is 5.67. The highest BCUT2D eigenvalue weighted by molar-refractivity contribution is 5.92. The molecule has 3 rings (SSSR count). The summed E-state index contributed by atoms with van der Waals surface area (Å²) in [6.07, 6.45) is 4.09. The quantitative estimate of drug-likeness (QED) is 0.754. The number of carbonyl (C=O) groups excluding carboxylic acids is 1. The predicted molar refractivity (Wildman–Crippen MR) is 74.0 cm³/mol. The van der Waals surface area contributed by atoms with Gasteiger partial charge >= 0.3 is 12.0 Å². The zero-order valence-electron chi connectivity index (χ0n) is 11.4. The number of carboxylic acids is 1. The van der Waals surface area contributed by atoms with Crippen LogP contribution in [0.25, 0.3) is 0 Å². The molecule has 2 fully saturated rings. The maximum absolute atomic E-state index is 12.2. The number of hydrogen-bond donors (Lipinski definition) is 3. The summed E-state index contributed by atoms with van der Waals surface area (Å²) in [6.45, 7) is 1.18. The third kappa shape index (κ3) is 2.69. The summed E-state index contributed by atoms with van der Waals surface area (Å²) in [5.41, 5.74) is 0.388. The van der Waals surface area contributed by atoms with Crippen LogP contribution in [0.3, 0.4) is 0 Å². The summed E-state index contributed by atoms with van der Waals surface area (Å²) < 4.78 is 0. The third-order valence-corrected chi connectivity index (χ3v) is 4.34. The van der Waals surface area contributed by atoms with Crippen LogP contribution in [0.4, 0.5) is 10.5 Å². The fourth-order valence-corrected chi connectivity index (χ4v) is 3.23. The van der Waals surface area contributed by atoms with Crippen molar-refractivity contribution >= 4 is 17.7 Å². The van der Waals surface area contributed by atoms with Gasteiger partial charge in [-0.1, -0.05) is 0 Å².